The third kappa shape index (κ3) is 2.49. The molecular formula is C15H13BrN2O. The molecule has 0 amide bonds. The van der Waals surface area contributed by atoms with Crippen molar-refractivity contribution in [2.75, 3.05) is 5.32 Å². The number of hydrogen-bond donors (Lipinski definition) is 1. The number of nitrogens with zero attached hydrogens (tertiary/aromatic N) is 1. The summed E-state index contributed by atoms with van der Waals surface area (Å²) in [5.41, 5.74) is 1.99. The summed E-state index contributed by atoms with van der Waals surface area (Å²) in [6, 6.07) is 14.1. The van der Waals surface area contributed by atoms with E-state index < -0.39 is 0 Å². The van der Waals surface area contributed by atoms with Gasteiger partial charge >= 0.3 is 0 Å². The third-order valence-electron chi connectivity index (χ3n) is 3.03. The van der Waals surface area contributed by atoms with E-state index in [1.54, 1.807) is 0 Å². The lowest BCUT2D eigenvalue weighted by atomic mass is 10.1. The summed E-state index contributed by atoms with van der Waals surface area (Å²) >= 11 is 3.32. The summed E-state index contributed by atoms with van der Waals surface area (Å²) in [4.78, 5) is 4.43. The van der Waals surface area contributed by atoms with E-state index in [1.165, 1.54) is 0 Å². The molecule has 3 nitrogen and oxygen atoms in total. The SMILES string of the molecule is CC(Nc1cccc2cccnc12)c1ccc(Br)o1. The highest BCUT2D eigenvalue weighted by Crippen LogP contribution is 2.27. The number of rotatable bonds is 3. The number of benzene rings is 1. The van der Waals surface area contributed by atoms with E-state index in [4.69, 9.17) is 4.42 Å². The Morgan fingerprint density at radius 1 is 1.16 bits per heavy atom. The average Bonchev–Trinajstić information content (AvgIpc) is 2.86. The van der Waals surface area contributed by atoms with Crippen LogP contribution in [0.3, 0.4) is 0 Å². The van der Waals surface area contributed by atoms with Gasteiger partial charge in [0.2, 0.25) is 0 Å². The van der Waals surface area contributed by atoms with Crippen LogP contribution in [0.15, 0.2) is 57.7 Å². The Kier molecular flexibility index (Phi) is 3.25. The van der Waals surface area contributed by atoms with E-state index in [2.05, 4.69) is 45.3 Å². The van der Waals surface area contributed by atoms with Crippen LogP contribution in [-0.2, 0) is 0 Å². The van der Waals surface area contributed by atoms with Crippen molar-refractivity contribution in [3.8, 4) is 0 Å². The van der Waals surface area contributed by atoms with Crippen LogP contribution in [0.4, 0.5) is 5.69 Å². The number of hydrogen-bond acceptors (Lipinski definition) is 3. The van der Waals surface area contributed by atoms with Crippen molar-refractivity contribution in [1.29, 1.82) is 0 Å². The normalized spacial score (nSPS) is 12.5. The van der Waals surface area contributed by atoms with Gasteiger partial charge in [-0.2, -0.15) is 0 Å². The number of furan rings is 1. The minimum absolute atomic E-state index is 0.0823. The molecule has 0 bridgehead atoms. The molecule has 0 radical (unpaired) electrons. The second kappa shape index (κ2) is 5.05. The van der Waals surface area contributed by atoms with Crippen LogP contribution >= 0.6 is 15.9 Å². The molecule has 0 aliphatic heterocycles. The molecule has 2 heterocycles. The van der Waals surface area contributed by atoms with Gasteiger partial charge in [-0.15, -0.1) is 0 Å². The molecule has 19 heavy (non-hydrogen) atoms. The minimum atomic E-state index is 0.0823. The Labute approximate surface area is 119 Å². The zero-order chi connectivity index (χ0) is 13.2. The number of halogens is 1. The Hall–Kier alpha value is -1.81. The monoisotopic (exact) mass is 316 g/mol. The highest BCUT2D eigenvalue weighted by atomic mass is 79.9. The number of fused-ring (bicyclic) bond motifs is 1. The largest absolute Gasteiger partial charge is 0.452 e. The van der Waals surface area contributed by atoms with Gasteiger partial charge in [0.1, 0.15) is 5.76 Å². The fourth-order valence-electron chi connectivity index (χ4n) is 2.09. The molecule has 0 saturated heterocycles. The van der Waals surface area contributed by atoms with E-state index in [9.17, 15) is 0 Å². The predicted molar refractivity (Wildman–Crippen MR) is 80.2 cm³/mol. The number of para-hydroxylation sites is 1. The highest BCUT2D eigenvalue weighted by molar-refractivity contribution is 9.10. The molecule has 1 atom stereocenters. The number of pyridine rings is 1. The molecule has 3 rings (SSSR count). The maximum Gasteiger partial charge on any atom is 0.169 e. The molecule has 0 aliphatic rings. The lowest BCUT2D eigenvalue weighted by molar-refractivity contribution is 0.471. The second-order valence-electron chi connectivity index (χ2n) is 4.39. The van der Waals surface area contributed by atoms with Crippen LogP contribution in [0.25, 0.3) is 10.9 Å². The lowest BCUT2D eigenvalue weighted by Crippen LogP contribution is -2.06. The molecule has 2 aromatic heterocycles. The second-order valence-corrected chi connectivity index (χ2v) is 5.17. The molecule has 3 aromatic rings. The summed E-state index contributed by atoms with van der Waals surface area (Å²) in [7, 11) is 0. The van der Waals surface area contributed by atoms with Gasteiger partial charge < -0.3 is 9.73 Å². The van der Waals surface area contributed by atoms with E-state index >= 15 is 0 Å². The fourth-order valence-corrected chi connectivity index (χ4v) is 2.41. The highest BCUT2D eigenvalue weighted by Gasteiger charge is 2.11. The fraction of sp³-hybridized carbons (Fsp3) is 0.133. The quantitative estimate of drug-likeness (QED) is 0.756. The van der Waals surface area contributed by atoms with Crippen LogP contribution in [0, 0.1) is 0 Å². The van der Waals surface area contributed by atoms with Crippen molar-refractivity contribution in [3.63, 3.8) is 0 Å². The summed E-state index contributed by atoms with van der Waals surface area (Å²) in [5, 5.41) is 4.56. The van der Waals surface area contributed by atoms with Crippen molar-refractivity contribution < 1.29 is 4.42 Å². The molecule has 1 N–H and O–H groups in total. The van der Waals surface area contributed by atoms with Gasteiger partial charge in [-0.1, -0.05) is 18.2 Å². The Morgan fingerprint density at radius 3 is 2.79 bits per heavy atom. The van der Waals surface area contributed by atoms with Crippen LogP contribution in [0.5, 0.6) is 0 Å². The molecule has 0 spiro atoms. The molecule has 96 valence electrons. The van der Waals surface area contributed by atoms with E-state index in [-0.39, 0.29) is 6.04 Å². The first kappa shape index (κ1) is 12.2. The van der Waals surface area contributed by atoms with Crippen LogP contribution < -0.4 is 5.32 Å². The maximum atomic E-state index is 5.56. The predicted octanol–water partition coefficient (Wildman–Crippen LogP) is 4.76. The lowest BCUT2D eigenvalue weighted by Gasteiger charge is -2.14. The first-order chi connectivity index (χ1) is 9.24. The van der Waals surface area contributed by atoms with Crippen molar-refractivity contribution in [1.82, 2.24) is 4.98 Å². The van der Waals surface area contributed by atoms with Crippen molar-refractivity contribution in [2.45, 2.75) is 13.0 Å². The van der Waals surface area contributed by atoms with Crippen LogP contribution in [-0.4, -0.2) is 4.98 Å². The first-order valence-electron chi connectivity index (χ1n) is 6.09. The molecular weight excluding hydrogens is 304 g/mol. The van der Waals surface area contributed by atoms with Gasteiger partial charge in [-0.3, -0.25) is 4.98 Å². The first-order valence-corrected chi connectivity index (χ1v) is 6.89. The van der Waals surface area contributed by atoms with Crippen molar-refractivity contribution in [3.05, 3.63) is 59.1 Å². The van der Waals surface area contributed by atoms with Gasteiger partial charge in [-0.25, -0.2) is 0 Å². The molecule has 0 fully saturated rings. The smallest absolute Gasteiger partial charge is 0.169 e. The Bertz CT molecular complexity index is 703. The van der Waals surface area contributed by atoms with E-state index in [0.717, 1.165) is 27.0 Å². The topological polar surface area (TPSA) is 38.1 Å². The summed E-state index contributed by atoms with van der Waals surface area (Å²) in [5.74, 6) is 0.889. The zero-order valence-electron chi connectivity index (χ0n) is 10.4. The van der Waals surface area contributed by atoms with E-state index in [1.807, 2.05) is 36.5 Å². The van der Waals surface area contributed by atoms with E-state index in [0.29, 0.717) is 0 Å². The molecule has 1 aromatic carbocycles. The Morgan fingerprint density at radius 2 is 2.00 bits per heavy atom. The summed E-state index contributed by atoms with van der Waals surface area (Å²) < 4.78 is 6.31. The molecule has 1 unspecified atom stereocenters. The maximum absolute atomic E-state index is 5.56. The summed E-state index contributed by atoms with van der Waals surface area (Å²) in [6.07, 6.45) is 1.81. The van der Waals surface area contributed by atoms with Gasteiger partial charge in [0.05, 0.1) is 17.2 Å². The van der Waals surface area contributed by atoms with Crippen molar-refractivity contribution in [2.24, 2.45) is 0 Å². The average molecular weight is 317 g/mol. The molecule has 4 heteroatoms. The van der Waals surface area contributed by atoms with Crippen LogP contribution in [0.1, 0.15) is 18.7 Å². The summed E-state index contributed by atoms with van der Waals surface area (Å²) in [6.45, 7) is 2.06. The standard InChI is InChI=1S/C15H13BrN2O/c1-10(13-7-8-14(16)19-13)18-12-6-2-4-11-5-3-9-17-15(11)12/h2-10,18H,1H3. The van der Waals surface area contributed by atoms with Crippen molar-refractivity contribution >= 4 is 32.5 Å². The van der Waals surface area contributed by atoms with Gasteiger partial charge in [0, 0.05) is 11.6 Å². The molecule has 0 aliphatic carbocycles. The Balaban J connectivity index is 1.93. The number of anilines is 1. The van der Waals surface area contributed by atoms with Gasteiger partial charge in [0.25, 0.3) is 0 Å². The molecule has 0 saturated carbocycles. The van der Waals surface area contributed by atoms with Gasteiger partial charge in [-0.05, 0) is 47.1 Å². The third-order valence-corrected chi connectivity index (χ3v) is 3.45. The number of nitrogens with one attached hydrogen (secondary N) is 1. The van der Waals surface area contributed by atoms with Gasteiger partial charge in [0.15, 0.2) is 4.67 Å². The minimum Gasteiger partial charge on any atom is -0.452 e. The number of aromatic nitrogens is 1. The zero-order valence-corrected chi connectivity index (χ0v) is 12.0. The van der Waals surface area contributed by atoms with Crippen LogP contribution in [0.2, 0.25) is 0 Å².